The Labute approximate surface area is 214 Å². The number of aliphatic hydroxyl groups excluding tert-OH is 1. The molecule has 1 saturated carbocycles. The van der Waals surface area contributed by atoms with Gasteiger partial charge in [0.15, 0.2) is 0 Å². The molecule has 2 fully saturated rings. The van der Waals surface area contributed by atoms with Gasteiger partial charge in [-0.3, -0.25) is 9.59 Å². The lowest BCUT2D eigenvalue weighted by Crippen LogP contribution is -2.52. The second-order valence-electron chi connectivity index (χ2n) is 10.8. The SMILES string of the molecule is CC(C)C[C@H](NC(=O)OC(Cc1ccccc1)C1CCCCC1)C(=O)N[C@H](CO)C[C@@H]1CCNC1=O. The Morgan fingerprint density at radius 2 is 1.81 bits per heavy atom. The zero-order chi connectivity index (χ0) is 25.9. The van der Waals surface area contributed by atoms with E-state index in [2.05, 4.69) is 16.0 Å². The largest absolute Gasteiger partial charge is 0.446 e. The molecule has 0 aromatic heterocycles. The van der Waals surface area contributed by atoms with Gasteiger partial charge in [-0.1, -0.05) is 63.4 Å². The average molecular weight is 502 g/mol. The number of carbonyl (C=O) groups is 3. The molecule has 0 radical (unpaired) electrons. The molecule has 4 N–H and O–H groups in total. The van der Waals surface area contributed by atoms with Gasteiger partial charge in [0.05, 0.1) is 12.6 Å². The van der Waals surface area contributed by atoms with E-state index in [1.807, 2.05) is 44.2 Å². The van der Waals surface area contributed by atoms with Crippen LogP contribution < -0.4 is 16.0 Å². The zero-order valence-corrected chi connectivity index (χ0v) is 21.7. The van der Waals surface area contributed by atoms with Crippen molar-refractivity contribution in [1.82, 2.24) is 16.0 Å². The Morgan fingerprint density at radius 3 is 2.42 bits per heavy atom. The monoisotopic (exact) mass is 501 g/mol. The number of ether oxygens (including phenoxy) is 1. The van der Waals surface area contributed by atoms with E-state index in [0.717, 1.165) is 31.2 Å². The highest BCUT2D eigenvalue weighted by molar-refractivity contribution is 5.86. The van der Waals surface area contributed by atoms with Crippen LogP contribution in [0.25, 0.3) is 0 Å². The van der Waals surface area contributed by atoms with E-state index >= 15 is 0 Å². The standard InChI is InChI=1S/C28H43N3O5/c1-19(2)15-24(27(34)30-23(18-32)17-22-13-14-29-26(22)33)31-28(35)36-25(21-11-7-4-8-12-21)16-20-9-5-3-6-10-20/h3,5-6,9-10,19,21-25,32H,4,7-8,11-18H2,1-2H3,(H,29,33)(H,30,34)(H,31,35)/t22-,23-,24-,25?/m0/s1. The van der Waals surface area contributed by atoms with Crippen LogP contribution in [0.1, 0.15) is 70.8 Å². The summed E-state index contributed by atoms with van der Waals surface area (Å²) in [6.07, 6.45) is 6.88. The van der Waals surface area contributed by atoms with Gasteiger partial charge in [-0.15, -0.1) is 0 Å². The first-order chi connectivity index (χ1) is 17.4. The molecule has 1 aliphatic heterocycles. The molecule has 8 heteroatoms. The van der Waals surface area contributed by atoms with Crippen molar-refractivity contribution in [3.05, 3.63) is 35.9 Å². The summed E-state index contributed by atoms with van der Waals surface area (Å²) in [6.45, 7) is 4.32. The van der Waals surface area contributed by atoms with Crippen LogP contribution in [0.4, 0.5) is 4.79 Å². The Hall–Kier alpha value is -2.61. The molecule has 36 heavy (non-hydrogen) atoms. The lowest BCUT2D eigenvalue weighted by molar-refractivity contribution is -0.126. The Kier molecular flexibility index (Phi) is 11.0. The summed E-state index contributed by atoms with van der Waals surface area (Å²) in [7, 11) is 0. The number of benzene rings is 1. The Balaban J connectivity index is 1.62. The number of hydrogen-bond donors (Lipinski definition) is 4. The van der Waals surface area contributed by atoms with Gasteiger partial charge in [0.2, 0.25) is 11.8 Å². The second kappa shape index (κ2) is 14.2. The topological polar surface area (TPSA) is 117 Å². The normalized spacial score (nSPS) is 20.9. The highest BCUT2D eigenvalue weighted by Crippen LogP contribution is 2.30. The highest BCUT2D eigenvalue weighted by Gasteiger charge is 2.32. The van der Waals surface area contributed by atoms with Crippen molar-refractivity contribution in [1.29, 1.82) is 0 Å². The van der Waals surface area contributed by atoms with Crippen molar-refractivity contribution < 1.29 is 24.2 Å². The fourth-order valence-electron chi connectivity index (χ4n) is 5.37. The van der Waals surface area contributed by atoms with Gasteiger partial charge in [-0.05, 0) is 49.5 Å². The maximum Gasteiger partial charge on any atom is 0.408 e. The third-order valence-electron chi connectivity index (χ3n) is 7.33. The summed E-state index contributed by atoms with van der Waals surface area (Å²) in [6, 6.07) is 8.71. The molecule has 4 atom stereocenters. The fraction of sp³-hybridized carbons (Fsp3) is 0.679. The second-order valence-corrected chi connectivity index (χ2v) is 10.8. The van der Waals surface area contributed by atoms with Crippen LogP contribution in [-0.4, -0.2) is 54.4 Å². The van der Waals surface area contributed by atoms with Gasteiger partial charge in [-0.25, -0.2) is 4.79 Å². The first-order valence-corrected chi connectivity index (χ1v) is 13.6. The van der Waals surface area contributed by atoms with Gasteiger partial charge in [-0.2, -0.15) is 0 Å². The predicted octanol–water partition coefficient (Wildman–Crippen LogP) is 3.32. The summed E-state index contributed by atoms with van der Waals surface area (Å²) >= 11 is 0. The predicted molar refractivity (Wildman–Crippen MR) is 138 cm³/mol. The van der Waals surface area contributed by atoms with Crippen LogP contribution in [0.5, 0.6) is 0 Å². The van der Waals surface area contributed by atoms with Crippen molar-refractivity contribution in [2.75, 3.05) is 13.2 Å². The molecule has 1 heterocycles. The lowest BCUT2D eigenvalue weighted by Gasteiger charge is -2.31. The van der Waals surface area contributed by atoms with Crippen LogP contribution in [0.2, 0.25) is 0 Å². The fourth-order valence-corrected chi connectivity index (χ4v) is 5.37. The summed E-state index contributed by atoms with van der Waals surface area (Å²) in [5, 5.41) is 18.2. The van der Waals surface area contributed by atoms with Crippen molar-refractivity contribution in [2.45, 2.75) is 89.8 Å². The molecule has 1 saturated heterocycles. The molecule has 1 aromatic rings. The van der Waals surface area contributed by atoms with E-state index in [9.17, 15) is 19.5 Å². The molecule has 1 aliphatic carbocycles. The number of hydrogen-bond acceptors (Lipinski definition) is 5. The van der Waals surface area contributed by atoms with Crippen molar-refractivity contribution in [2.24, 2.45) is 17.8 Å². The number of alkyl carbamates (subject to hydrolysis) is 1. The van der Waals surface area contributed by atoms with Crippen LogP contribution in [0, 0.1) is 17.8 Å². The quantitative estimate of drug-likeness (QED) is 0.351. The first kappa shape index (κ1) is 28.0. The maximum absolute atomic E-state index is 13.1. The molecule has 3 amide bonds. The van der Waals surface area contributed by atoms with Crippen LogP contribution in [0.15, 0.2) is 30.3 Å². The molecule has 1 aromatic carbocycles. The Morgan fingerprint density at radius 1 is 1.08 bits per heavy atom. The molecular weight excluding hydrogens is 458 g/mol. The number of rotatable bonds is 12. The van der Waals surface area contributed by atoms with Crippen molar-refractivity contribution in [3.63, 3.8) is 0 Å². The number of amides is 3. The van der Waals surface area contributed by atoms with E-state index in [4.69, 9.17) is 4.74 Å². The minimum atomic E-state index is -0.785. The van der Waals surface area contributed by atoms with Crippen LogP contribution in [-0.2, 0) is 20.7 Å². The molecule has 8 nitrogen and oxygen atoms in total. The third-order valence-corrected chi connectivity index (χ3v) is 7.33. The van der Waals surface area contributed by atoms with Gasteiger partial charge in [0.25, 0.3) is 0 Å². The molecule has 0 bridgehead atoms. The molecule has 0 spiro atoms. The van der Waals surface area contributed by atoms with Crippen LogP contribution >= 0.6 is 0 Å². The highest BCUT2D eigenvalue weighted by atomic mass is 16.6. The van der Waals surface area contributed by atoms with E-state index < -0.39 is 18.2 Å². The molecule has 200 valence electrons. The van der Waals surface area contributed by atoms with E-state index in [1.54, 1.807) is 0 Å². The van der Waals surface area contributed by atoms with Gasteiger partial charge in [0, 0.05) is 18.9 Å². The van der Waals surface area contributed by atoms with Gasteiger partial charge in [0.1, 0.15) is 12.1 Å². The van der Waals surface area contributed by atoms with E-state index in [-0.39, 0.29) is 36.4 Å². The molecule has 2 aliphatic rings. The minimum Gasteiger partial charge on any atom is -0.446 e. The van der Waals surface area contributed by atoms with Crippen molar-refractivity contribution >= 4 is 17.9 Å². The smallest absolute Gasteiger partial charge is 0.408 e. The number of aliphatic hydroxyl groups is 1. The van der Waals surface area contributed by atoms with Gasteiger partial charge >= 0.3 is 6.09 Å². The molecule has 3 rings (SSSR count). The van der Waals surface area contributed by atoms with E-state index in [1.165, 1.54) is 6.42 Å². The maximum atomic E-state index is 13.1. The average Bonchev–Trinajstić information content (AvgIpc) is 3.27. The Bertz CT molecular complexity index is 841. The number of carbonyl (C=O) groups excluding carboxylic acids is 3. The van der Waals surface area contributed by atoms with Crippen LogP contribution in [0.3, 0.4) is 0 Å². The van der Waals surface area contributed by atoms with Gasteiger partial charge < -0.3 is 25.8 Å². The molecular formula is C28H43N3O5. The first-order valence-electron chi connectivity index (χ1n) is 13.6. The van der Waals surface area contributed by atoms with E-state index in [0.29, 0.717) is 38.1 Å². The summed E-state index contributed by atoms with van der Waals surface area (Å²) in [5.74, 6) is -0.171. The minimum absolute atomic E-state index is 0.0460. The number of nitrogens with one attached hydrogen (secondary N) is 3. The molecule has 1 unspecified atom stereocenters. The lowest BCUT2D eigenvalue weighted by atomic mass is 9.83. The summed E-state index contributed by atoms with van der Waals surface area (Å²) in [4.78, 5) is 38.1. The summed E-state index contributed by atoms with van der Waals surface area (Å²) < 4.78 is 5.98. The van der Waals surface area contributed by atoms with Crippen molar-refractivity contribution in [3.8, 4) is 0 Å². The summed E-state index contributed by atoms with van der Waals surface area (Å²) in [5.41, 5.74) is 1.12. The zero-order valence-electron chi connectivity index (χ0n) is 21.7. The third kappa shape index (κ3) is 8.80.